The van der Waals surface area contributed by atoms with Crippen molar-refractivity contribution in [3.8, 4) is 5.75 Å². The summed E-state index contributed by atoms with van der Waals surface area (Å²) in [5, 5.41) is 2.94. The highest BCUT2D eigenvalue weighted by Crippen LogP contribution is 2.21. The highest BCUT2D eigenvalue weighted by molar-refractivity contribution is 5.94. The summed E-state index contributed by atoms with van der Waals surface area (Å²) in [6.45, 7) is 9.92. The monoisotopic (exact) mass is 362 g/mol. The summed E-state index contributed by atoms with van der Waals surface area (Å²) < 4.78 is 11.1. The second-order valence-corrected chi connectivity index (χ2v) is 7.21. The summed E-state index contributed by atoms with van der Waals surface area (Å²) >= 11 is 0. The number of carbonyl (C=O) groups excluding carboxylic acids is 2. The van der Waals surface area contributed by atoms with Crippen molar-refractivity contribution in [3.05, 3.63) is 29.3 Å². The van der Waals surface area contributed by atoms with Gasteiger partial charge in [-0.25, -0.2) is 0 Å². The number of carbonyl (C=O) groups is 2. The van der Waals surface area contributed by atoms with E-state index in [0.29, 0.717) is 35.9 Å². The van der Waals surface area contributed by atoms with Crippen LogP contribution in [-0.4, -0.2) is 62.6 Å². The minimum Gasteiger partial charge on any atom is -0.496 e. The number of benzene rings is 1. The molecule has 144 valence electrons. The Kier molecular flexibility index (Phi) is 7.60. The van der Waals surface area contributed by atoms with Gasteiger partial charge in [0.2, 0.25) is 5.91 Å². The van der Waals surface area contributed by atoms with Gasteiger partial charge >= 0.3 is 0 Å². The molecule has 1 atom stereocenters. The molecule has 1 heterocycles. The molecule has 1 N–H and O–H groups in total. The van der Waals surface area contributed by atoms with E-state index >= 15 is 0 Å². The van der Waals surface area contributed by atoms with Crippen LogP contribution in [-0.2, 0) is 16.0 Å². The highest BCUT2D eigenvalue weighted by atomic mass is 16.5. The molecular formula is C20H30N2O4. The molecule has 1 aliphatic heterocycles. The van der Waals surface area contributed by atoms with Crippen LogP contribution < -0.4 is 10.1 Å². The van der Waals surface area contributed by atoms with Crippen LogP contribution in [0, 0.1) is 5.92 Å². The van der Waals surface area contributed by atoms with Crippen LogP contribution in [0.15, 0.2) is 18.2 Å². The average molecular weight is 362 g/mol. The second-order valence-electron chi connectivity index (χ2n) is 7.21. The van der Waals surface area contributed by atoms with Crippen LogP contribution >= 0.6 is 0 Å². The summed E-state index contributed by atoms with van der Waals surface area (Å²) in [6.07, 6.45) is 0.184. The van der Waals surface area contributed by atoms with Crippen LogP contribution in [0.1, 0.15) is 36.7 Å². The molecule has 0 radical (unpaired) electrons. The first-order chi connectivity index (χ1) is 12.4. The highest BCUT2D eigenvalue weighted by Gasteiger charge is 2.21. The number of nitrogens with one attached hydrogen (secondary N) is 1. The van der Waals surface area contributed by atoms with Crippen molar-refractivity contribution in [2.24, 2.45) is 5.92 Å². The van der Waals surface area contributed by atoms with Gasteiger partial charge in [0.1, 0.15) is 5.75 Å². The van der Waals surface area contributed by atoms with E-state index in [9.17, 15) is 9.59 Å². The number of rotatable bonds is 8. The molecular weight excluding hydrogens is 332 g/mol. The fourth-order valence-corrected chi connectivity index (χ4v) is 3.19. The molecule has 0 saturated carbocycles. The van der Waals surface area contributed by atoms with Crippen LogP contribution in [0.3, 0.4) is 0 Å². The number of Topliss-reactive ketones (excluding diaryl/α,β-unsaturated/α-hetero) is 1. The zero-order valence-electron chi connectivity index (χ0n) is 16.2. The Hall–Kier alpha value is -1.92. The summed E-state index contributed by atoms with van der Waals surface area (Å²) in [4.78, 5) is 26.3. The van der Waals surface area contributed by atoms with Crippen molar-refractivity contribution in [3.63, 3.8) is 0 Å². The van der Waals surface area contributed by atoms with E-state index in [2.05, 4.69) is 24.1 Å². The van der Waals surface area contributed by atoms with E-state index in [-0.39, 0.29) is 24.2 Å². The lowest BCUT2D eigenvalue weighted by Crippen LogP contribution is -2.48. The van der Waals surface area contributed by atoms with E-state index < -0.39 is 0 Å². The topological polar surface area (TPSA) is 67.9 Å². The van der Waals surface area contributed by atoms with E-state index in [1.807, 2.05) is 0 Å². The minimum absolute atomic E-state index is 0.0110. The minimum atomic E-state index is -0.103. The maximum atomic E-state index is 12.3. The Labute approximate surface area is 155 Å². The molecule has 1 aliphatic rings. The molecule has 1 unspecified atom stereocenters. The van der Waals surface area contributed by atoms with Crippen molar-refractivity contribution in [2.75, 3.05) is 39.9 Å². The third-order valence-corrected chi connectivity index (χ3v) is 4.41. The van der Waals surface area contributed by atoms with E-state index in [0.717, 1.165) is 19.6 Å². The lowest BCUT2D eigenvalue weighted by atomic mass is 10.0. The summed E-state index contributed by atoms with van der Waals surface area (Å²) in [5.41, 5.74) is 1.29. The molecule has 0 aliphatic carbocycles. The quantitative estimate of drug-likeness (QED) is 0.716. The normalized spacial score (nSPS) is 18.0. The van der Waals surface area contributed by atoms with E-state index in [1.54, 1.807) is 25.3 Å². The number of hydrogen-bond acceptors (Lipinski definition) is 5. The van der Waals surface area contributed by atoms with Crippen LogP contribution in [0.4, 0.5) is 0 Å². The number of nitrogens with zero attached hydrogens (tertiary/aromatic N) is 1. The molecule has 0 spiro atoms. The Morgan fingerprint density at radius 2 is 2.15 bits per heavy atom. The predicted molar refractivity (Wildman–Crippen MR) is 101 cm³/mol. The number of ketones is 1. The van der Waals surface area contributed by atoms with E-state index in [1.165, 1.54) is 6.92 Å². The molecule has 6 nitrogen and oxygen atoms in total. The molecule has 0 aromatic heterocycles. The largest absolute Gasteiger partial charge is 0.496 e. The third kappa shape index (κ3) is 6.11. The van der Waals surface area contributed by atoms with Crippen LogP contribution in [0.25, 0.3) is 0 Å². The molecule has 1 aromatic carbocycles. The Balaban J connectivity index is 1.88. The zero-order chi connectivity index (χ0) is 19.1. The van der Waals surface area contributed by atoms with Gasteiger partial charge in [0.05, 0.1) is 26.2 Å². The van der Waals surface area contributed by atoms with Gasteiger partial charge in [-0.15, -0.1) is 0 Å². The standard InChI is InChI=1S/C20H30N2O4/c1-14(2)12-22-7-8-26-18(13-22)11-21-20(24)10-17-9-16(15(3)23)5-6-19(17)25-4/h5-6,9,14,18H,7-8,10-13H2,1-4H3,(H,21,24). The van der Waals surface area contributed by atoms with Crippen molar-refractivity contribution in [1.82, 2.24) is 10.2 Å². The number of morpholine rings is 1. The predicted octanol–water partition coefficient (Wildman–Crippen LogP) is 1.91. The molecule has 1 saturated heterocycles. The van der Waals surface area contributed by atoms with Crippen LogP contribution in [0.5, 0.6) is 5.75 Å². The van der Waals surface area contributed by atoms with Crippen molar-refractivity contribution < 1.29 is 19.1 Å². The van der Waals surface area contributed by atoms with Crippen molar-refractivity contribution in [2.45, 2.75) is 33.3 Å². The zero-order valence-corrected chi connectivity index (χ0v) is 16.2. The van der Waals surface area contributed by atoms with Gasteiger partial charge in [-0.05, 0) is 31.0 Å². The van der Waals surface area contributed by atoms with Crippen LogP contribution in [0.2, 0.25) is 0 Å². The maximum absolute atomic E-state index is 12.3. The fourth-order valence-electron chi connectivity index (χ4n) is 3.19. The SMILES string of the molecule is COc1ccc(C(C)=O)cc1CC(=O)NCC1CN(CC(C)C)CCO1. The van der Waals surface area contributed by atoms with Gasteiger partial charge in [0.25, 0.3) is 0 Å². The Morgan fingerprint density at radius 1 is 1.38 bits per heavy atom. The molecule has 1 aromatic rings. The first kappa shape index (κ1) is 20.4. The number of methoxy groups -OCH3 is 1. The number of hydrogen-bond donors (Lipinski definition) is 1. The van der Waals surface area contributed by atoms with Crippen molar-refractivity contribution >= 4 is 11.7 Å². The first-order valence-electron chi connectivity index (χ1n) is 9.17. The van der Waals surface area contributed by atoms with E-state index in [4.69, 9.17) is 9.47 Å². The lowest BCUT2D eigenvalue weighted by molar-refractivity contribution is -0.121. The van der Waals surface area contributed by atoms with Gasteiger partial charge in [0, 0.05) is 37.3 Å². The summed E-state index contributed by atoms with van der Waals surface area (Å²) in [7, 11) is 1.56. The third-order valence-electron chi connectivity index (χ3n) is 4.41. The van der Waals surface area contributed by atoms with Gasteiger partial charge < -0.3 is 14.8 Å². The Morgan fingerprint density at radius 3 is 2.81 bits per heavy atom. The Bertz CT molecular complexity index is 630. The average Bonchev–Trinajstić information content (AvgIpc) is 2.59. The summed E-state index contributed by atoms with van der Waals surface area (Å²) in [5.74, 6) is 1.09. The molecule has 2 rings (SSSR count). The van der Waals surface area contributed by atoms with Gasteiger partial charge in [-0.3, -0.25) is 14.5 Å². The second kappa shape index (κ2) is 9.69. The van der Waals surface area contributed by atoms with Gasteiger partial charge in [-0.2, -0.15) is 0 Å². The van der Waals surface area contributed by atoms with Gasteiger partial charge in [-0.1, -0.05) is 13.8 Å². The molecule has 1 fully saturated rings. The molecule has 26 heavy (non-hydrogen) atoms. The maximum Gasteiger partial charge on any atom is 0.224 e. The fraction of sp³-hybridized carbons (Fsp3) is 0.600. The summed E-state index contributed by atoms with van der Waals surface area (Å²) in [6, 6.07) is 5.16. The first-order valence-corrected chi connectivity index (χ1v) is 9.17. The smallest absolute Gasteiger partial charge is 0.224 e. The van der Waals surface area contributed by atoms with Crippen molar-refractivity contribution in [1.29, 1.82) is 0 Å². The van der Waals surface area contributed by atoms with Gasteiger partial charge in [0.15, 0.2) is 5.78 Å². The molecule has 1 amide bonds. The lowest BCUT2D eigenvalue weighted by Gasteiger charge is -2.34. The molecule has 6 heteroatoms. The number of amides is 1. The number of ether oxygens (including phenoxy) is 2. The molecule has 0 bridgehead atoms.